The molecule has 1 saturated carbocycles. The normalized spacial score (nSPS) is 17.1. The van der Waals surface area contributed by atoms with Crippen molar-refractivity contribution in [2.24, 2.45) is 5.73 Å². The van der Waals surface area contributed by atoms with Gasteiger partial charge in [0, 0.05) is 48.5 Å². The molecule has 142 valence electrons. The van der Waals surface area contributed by atoms with Gasteiger partial charge in [-0.3, -0.25) is 5.32 Å². The molecule has 1 aliphatic heterocycles. The minimum absolute atomic E-state index is 0.0280. The number of alkyl halides is 2. The quantitative estimate of drug-likeness (QED) is 0.856. The maximum absolute atomic E-state index is 13.9. The van der Waals surface area contributed by atoms with E-state index in [0.29, 0.717) is 30.3 Å². The van der Waals surface area contributed by atoms with Crippen LogP contribution in [-0.4, -0.2) is 27.5 Å². The summed E-state index contributed by atoms with van der Waals surface area (Å²) in [7, 11) is 0. The maximum atomic E-state index is 13.9. The van der Waals surface area contributed by atoms with Crippen LogP contribution in [0, 0.1) is 0 Å². The molecule has 0 atom stereocenters. The number of nitrogens with zero attached hydrogens (tertiary/aromatic N) is 4. The van der Waals surface area contributed by atoms with Gasteiger partial charge in [0.05, 0.1) is 5.69 Å². The van der Waals surface area contributed by atoms with E-state index in [1.54, 1.807) is 18.3 Å². The summed E-state index contributed by atoms with van der Waals surface area (Å²) < 4.78 is 27.8. The van der Waals surface area contributed by atoms with Crippen LogP contribution in [0.1, 0.15) is 43.8 Å². The molecule has 1 aliphatic carbocycles. The predicted octanol–water partition coefficient (Wildman–Crippen LogP) is 3.22. The van der Waals surface area contributed by atoms with Crippen LogP contribution in [0.15, 0.2) is 18.3 Å². The third-order valence-electron chi connectivity index (χ3n) is 5.11. The predicted molar refractivity (Wildman–Crippen MR) is 96.3 cm³/mol. The third-order valence-corrected chi connectivity index (χ3v) is 5.11. The van der Waals surface area contributed by atoms with Gasteiger partial charge in [0.25, 0.3) is 0 Å². The highest BCUT2D eigenvalue weighted by Gasteiger charge is 2.52. The zero-order valence-electron chi connectivity index (χ0n) is 15.1. The largest absolute Gasteiger partial charge is 0.351 e. The summed E-state index contributed by atoms with van der Waals surface area (Å²) in [4.78, 5) is 25.5. The van der Waals surface area contributed by atoms with Gasteiger partial charge in [0.2, 0.25) is 5.82 Å². The van der Waals surface area contributed by atoms with Crippen LogP contribution >= 0.6 is 0 Å². The van der Waals surface area contributed by atoms with Crippen molar-refractivity contribution in [1.82, 2.24) is 15.0 Å². The summed E-state index contributed by atoms with van der Waals surface area (Å²) in [6.07, 6.45) is 4.26. The molecule has 3 heterocycles. The number of carbonyl (C=O) groups is 1. The summed E-state index contributed by atoms with van der Waals surface area (Å²) in [6, 6.07) is 2.74. The second-order valence-electron chi connectivity index (χ2n) is 7.23. The van der Waals surface area contributed by atoms with E-state index in [-0.39, 0.29) is 5.41 Å². The van der Waals surface area contributed by atoms with Gasteiger partial charge >= 0.3 is 12.0 Å². The Morgan fingerprint density at radius 3 is 2.70 bits per heavy atom. The molecule has 2 amide bonds. The first-order valence-electron chi connectivity index (χ1n) is 8.83. The van der Waals surface area contributed by atoms with Crippen LogP contribution in [0.25, 0.3) is 0 Å². The number of hydrogen-bond donors (Lipinski definition) is 2. The Morgan fingerprint density at radius 2 is 2.11 bits per heavy atom. The first-order valence-corrected chi connectivity index (χ1v) is 8.83. The highest BCUT2D eigenvalue weighted by atomic mass is 19.3. The van der Waals surface area contributed by atoms with E-state index in [1.807, 2.05) is 11.8 Å². The van der Waals surface area contributed by atoms with Gasteiger partial charge < -0.3 is 10.6 Å². The van der Waals surface area contributed by atoms with E-state index in [2.05, 4.69) is 20.3 Å². The Balaban J connectivity index is 1.81. The minimum atomic E-state index is -3.13. The number of hydrogen-bond acceptors (Lipinski definition) is 5. The molecule has 9 heteroatoms. The lowest BCUT2D eigenvalue weighted by molar-refractivity contribution is 0.00757. The van der Waals surface area contributed by atoms with E-state index < -0.39 is 17.8 Å². The van der Waals surface area contributed by atoms with Crippen molar-refractivity contribution in [1.29, 1.82) is 0 Å². The average Bonchev–Trinajstić information content (AvgIpc) is 3.31. The van der Waals surface area contributed by atoms with Gasteiger partial charge in [-0.15, -0.1) is 0 Å². The van der Waals surface area contributed by atoms with E-state index in [1.165, 1.54) is 0 Å². The summed E-state index contributed by atoms with van der Waals surface area (Å²) in [5, 5.41) is 2.46. The number of amides is 2. The van der Waals surface area contributed by atoms with Crippen LogP contribution in [0.3, 0.4) is 0 Å². The fourth-order valence-corrected chi connectivity index (χ4v) is 3.53. The number of carbonyl (C=O) groups excluding carboxylic acids is 1. The molecular formula is C18H20F2N6O. The van der Waals surface area contributed by atoms with Crippen LogP contribution < -0.4 is 16.0 Å². The standard InChI is InChI=1S/C18H20F2N6O/c1-3-10-6-14(25-15(23-10)17(2,19)20)26-9-18(4-5-18)11-8-22-13(7-12(11)26)24-16(21)27/h6-8H,3-5,9H2,1-2H3,(H3,21,22,24,27). The Labute approximate surface area is 155 Å². The zero-order chi connectivity index (χ0) is 19.4. The number of rotatable bonds is 4. The van der Waals surface area contributed by atoms with Gasteiger partial charge in [0.1, 0.15) is 11.6 Å². The number of nitrogens with two attached hydrogens (primary N) is 1. The van der Waals surface area contributed by atoms with Crippen LogP contribution in [0.2, 0.25) is 0 Å². The van der Waals surface area contributed by atoms with Crippen molar-refractivity contribution < 1.29 is 13.6 Å². The maximum Gasteiger partial charge on any atom is 0.317 e. The van der Waals surface area contributed by atoms with Crippen molar-refractivity contribution in [2.45, 2.75) is 44.4 Å². The number of fused-ring (bicyclic) bond motifs is 2. The highest BCUT2D eigenvalue weighted by molar-refractivity contribution is 5.88. The molecule has 4 rings (SSSR count). The Bertz CT molecular complexity index is 923. The topological polar surface area (TPSA) is 97.0 Å². The van der Waals surface area contributed by atoms with Crippen LogP contribution in [-0.2, 0) is 17.8 Å². The van der Waals surface area contributed by atoms with Crippen molar-refractivity contribution in [3.05, 3.63) is 35.4 Å². The van der Waals surface area contributed by atoms with Crippen LogP contribution in [0.4, 0.5) is 30.9 Å². The molecule has 1 spiro atoms. The Hall–Kier alpha value is -2.84. The van der Waals surface area contributed by atoms with Crippen molar-refractivity contribution >= 4 is 23.4 Å². The molecule has 0 saturated heterocycles. The molecule has 0 unspecified atom stereocenters. The second-order valence-corrected chi connectivity index (χ2v) is 7.23. The molecule has 0 radical (unpaired) electrons. The number of aryl methyl sites for hydroxylation is 1. The molecule has 27 heavy (non-hydrogen) atoms. The average molecular weight is 374 g/mol. The van der Waals surface area contributed by atoms with Crippen molar-refractivity contribution in [2.75, 3.05) is 16.8 Å². The zero-order valence-corrected chi connectivity index (χ0v) is 15.1. The molecule has 2 aromatic rings. The molecule has 7 nitrogen and oxygen atoms in total. The van der Waals surface area contributed by atoms with E-state index in [9.17, 15) is 13.6 Å². The number of nitrogens with one attached hydrogen (secondary N) is 1. The third kappa shape index (κ3) is 3.07. The van der Waals surface area contributed by atoms with E-state index >= 15 is 0 Å². The van der Waals surface area contributed by atoms with Gasteiger partial charge in [-0.25, -0.2) is 19.7 Å². The second kappa shape index (κ2) is 5.83. The van der Waals surface area contributed by atoms with Crippen molar-refractivity contribution in [3.63, 3.8) is 0 Å². The molecule has 1 fully saturated rings. The summed E-state index contributed by atoms with van der Waals surface area (Å²) in [5.74, 6) is -2.87. The van der Waals surface area contributed by atoms with Gasteiger partial charge in [0.15, 0.2) is 0 Å². The molecule has 3 N–H and O–H groups in total. The lowest BCUT2D eigenvalue weighted by Gasteiger charge is -2.21. The summed E-state index contributed by atoms with van der Waals surface area (Å²) in [6.45, 7) is 3.30. The van der Waals surface area contributed by atoms with E-state index in [0.717, 1.165) is 31.0 Å². The monoisotopic (exact) mass is 374 g/mol. The smallest absolute Gasteiger partial charge is 0.317 e. The number of anilines is 3. The summed E-state index contributed by atoms with van der Waals surface area (Å²) in [5.41, 5.74) is 7.55. The fraction of sp³-hybridized carbons (Fsp3) is 0.444. The Kier molecular flexibility index (Phi) is 3.79. The fourth-order valence-electron chi connectivity index (χ4n) is 3.53. The van der Waals surface area contributed by atoms with Crippen LogP contribution in [0.5, 0.6) is 0 Å². The van der Waals surface area contributed by atoms with Gasteiger partial charge in [-0.2, -0.15) is 8.78 Å². The molecule has 2 aliphatic rings. The molecule has 0 bridgehead atoms. The Morgan fingerprint density at radius 1 is 1.37 bits per heavy atom. The number of primary amides is 1. The van der Waals surface area contributed by atoms with Gasteiger partial charge in [-0.1, -0.05) is 6.92 Å². The van der Waals surface area contributed by atoms with Crippen molar-refractivity contribution in [3.8, 4) is 0 Å². The number of urea groups is 1. The van der Waals surface area contributed by atoms with E-state index in [4.69, 9.17) is 5.73 Å². The molecule has 2 aromatic heterocycles. The lowest BCUT2D eigenvalue weighted by Crippen LogP contribution is -2.23. The number of pyridine rings is 1. The summed E-state index contributed by atoms with van der Waals surface area (Å²) >= 11 is 0. The SMILES string of the molecule is CCc1cc(N2CC3(CC3)c3cnc(NC(N)=O)cc32)nc(C(C)(F)F)n1. The first kappa shape index (κ1) is 17.6. The van der Waals surface area contributed by atoms with Gasteiger partial charge in [-0.05, 0) is 19.3 Å². The molecular weight excluding hydrogens is 354 g/mol. The minimum Gasteiger partial charge on any atom is -0.351 e. The molecule has 0 aromatic carbocycles. The number of aromatic nitrogens is 3. The number of halogens is 2. The lowest BCUT2D eigenvalue weighted by atomic mass is 10.0. The first-order chi connectivity index (χ1) is 12.7. The highest BCUT2D eigenvalue weighted by Crippen LogP contribution is 2.58.